The highest BCUT2D eigenvalue weighted by atomic mass is 35.5. The molecule has 0 bridgehead atoms. The molecule has 0 spiro atoms. The molecule has 0 aliphatic rings. The van der Waals surface area contributed by atoms with Crippen LogP contribution in [0.1, 0.15) is 0 Å². The first kappa shape index (κ1) is 13.9. The molecule has 2 aromatic carbocycles. The zero-order valence-electron chi connectivity index (χ0n) is 10.8. The molecule has 0 fully saturated rings. The van der Waals surface area contributed by atoms with Gasteiger partial charge < -0.3 is 4.74 Å². The van der Waals surface area contributed by atoms with E-state index in [2.05, 4.69) is 9.97 Å². The molecule has 0 amide bonds. The lowest BCUT2D eigenvalue weighted by atomic mass is 10.1. The van der Waals surface area contributed by atoms with Crippen molar-refractivity contribution in [3.8, 4) is 22.8 Å². The number of halogens is 2. The summed E-state index contributed by atoms with van der Waals surface area (Å²) < 4.78 is 5.79. The lowest BCUT2D eigenvalue weighted by molar-refractivity contribution is 0.483. The van der Waals surface area contributed by atoms with Crippen LogP contribution in [0.2, 0.25) is 10.3 Å². The molecule has 0 saturated heterocycles. The Balaban J connectivity index is 1.95. The molecule has 0 aliphatic heterocycles. The third-order valence-electron chi connectivity index (χ3n) is 2.80. The highest BCUT2D eigenvalue weighted by Crippen LogP contribution is 2.30. The van der Waals surface area contributed by atoms with Gasteiger partial charge in [0, 0.05) is 5.56 Å². The van der Waals surface area contributed by atoms with E-state index in [-0.39, 0.29) is 5.28 Å². The monoisotopic (exact) mass is 316 g/mol. The van der Waals surface area contributed by atoms with Crippen LogP contribution in [0.5, 0.6) is 11.5 Å². The van der Waals surface area contributed by atoms with Crippen LogP contribution in [-0.4, -0.2) is 9.97 Å². The summed E-state index contributed by atoms with van der Waals surface area (Å²) in [5.41, 5.74) is 1.40. The number of rotatable bonds is 3. The van der Waals surface area contributed by atoms with Gasteiger partial charge in [0.25, 0.3) is 0 Å². The van der Waals surface area contributed by atoms with E-state index in [9.17, 15) is 0 Å². The van der Waals surface area contributed by atoms with E-state index in [1.54, 1.807) is 0 Å². The average molecular weight is 317 g/mol. The summed E-state index contributed by atoms with van der Waals surface area (Å²) in [6.07, 6.45) is 1.48. The van der Waals surface area contributed by atoms with Gasteiger partial charge in [0.05, 0.1) is 16.9 Å². The van der Waals surface area contributed by atoms with E-state index < -0.39 is 0 Å². The molecule has 5 heteroatoms. The zero-order valence-corrected chi connectivity index (χ0v) is 12.3. The summed E-state index contributed by atoms with van der Waals surface area (Å²) in [5.74, 6) is 1.46. The molecular formula is C16H10Cl2N2O. The second-order valence-corrected chi connectivity index (χ2v) is 5.02. The first-order valence-corrected chi connectivity index (χ1v) is 6.99. The summed E-state index contributed by atoms with van der Waals surface area (Å²) in [6, 6.07) is 17.0. The Labute approximate surface area is 132 Å². The quantitative estimate of drug-likeness (QED) is 0.619. The van der Waals surface area contributed by atoms with E-state index in [0.29, 0.717) is 16.5 Å². The lowest BCUT2D eigenvalue weighted by Gasteiger charge is -2.08. The molecule has 0 radical (unpaired) electrons. The summed E-state index contributed by atoms with van der Waals surface area (Å²) in [5, 5.41) is 0.597. The molecule has 0 unspecified atom stereocenters. The normalized spacial score (nSPS) is 10.4. The van der Waals surface area contributed by atoms with E-state index in [1.807, 2.05) is 54.6 Å². The SMILES string of the molecule is Clc1ncc(Cl)c(-c2cccc(Oc3ccccc3)c2)n1. The fourth-order valence-corrected chi connectivity index (χ4v) is 2.21. The molecule has 104 valence electrons. The molecule has 0 N–H and O–H groups in total. The van der Waals surface area contributed by atoms with Gasteiger partial charge in [0.2, 0.25) is 5.28 Å². The topological polar surface area (TPSA) is 35.0 Å². The summed E-state index contributed by atoms with van der Waals surface area (Å²) in [7, 11) is 0. The van der Waals surface area contributed by atoms with Gasteiger partial charge in [-0.3, -0.25) is 0 Å². The standard InChI is InChI=1S/C16H10Cl2N2O/c17-14-10-19-16(18)20-15(14)11-5-4-8-13(9-11)21-12-6-2-1-3-7-12/h1-10H. The van der Waals surface area contributed by atoms with Gasteiger partial charge in [0.1, 0.15) is 11.5 Å². The summed E-state index contributed by atoms with van der Waals surface area (Å²) in [6.45, 7) is 0. The van der Waals surface area contributed by atoms with Crippen molar-refractivity contribution in [3.63, 3.8) is 0 Å². The minimum absolute atomic E-state index is 0.156. The maximum absolute atomic E-state index is 6.12. The van der Waals surface area contributed by atoms with Crippen LogP contribution in [0.4, 0.5) is 0 Å². The number of hydrogen-bond acceptors (Lipinski definition) is 3. The highest BCUT2D eigenvalue weighted by Gasteiger charge is 2.08. The predicted octanol–water partition coefficient (Wildman–Crippen LogP) is 5.24. The van der Waals surface area contributed by atoms with E-state index >= 15 is 0 Å². The van der Waals surface area contributed by atoms with Gasteiger partial charge in [-0.25, -0.2) is 9.97 Å². The smallest absolute Gasteiger partial charge is 0.222 e. The van der Waals surface area contributed by atoms with Crippen molar-refractivity contribution in [2.75, 3.05) is 0 Å². The molecule has 1 aromatic heterocycles. The molecule has 0 aliphatic carbocycles. The molecule has 0 saturated carbocycles. The highest BCUT2D eigenvalue weighted by molar-refractivity contribution is 6.33. The molecule has 3 rings (SSSR count). The van der Waals surface area contributed by atoms with E-state index in [1.165, 1.54) is 6.20 Å². The predicted molar refractivity (Wildman–Crippen MR) is 84.0 cm³/mol. The maximum Gasteiger partial charge on any atom is 0.222 e. The minimum atomic E-state index is 0.156. The van der Waals surface area contributed by atoms with Crippen LogP contribution < -0.4 is 4.74 Å². The number of nitrogens with zero attached hydrogens (tertiary/aromatic N) is 2. The summed E-state index contributed by atoms with van der Waals surface area (Å²) in [4.78, 5) is 8.00. The Bertz CT molecular complexity index is 763. The third-order valence-corrected chi connectivity index (χ3v) is 3.26. The molecule has 1 heterocycles. The van der Waals surface area contributed by atoms with Crippen LogP contribution in [-0.2, 0) is 0 Å². The van der Waals surface area contributed by atoms with E-state index in [4.69, 9.17) is 27.9 Å². The second-order valence-electron chi connectivity index (χ2n) is 4.28. The molecule has 0 atom stereocenters. The average Bonchev–Trinajstić information content (AvgIpc) is 2.51. The number of aromatic nitrogens is 2. The maximum atomic E-state index is 6.12. The Morgan fingerprint density at radius 2 is 1.62 bits per heavy atom. The van der Waals surface area contributed by atoms with Crippen LogP contribution in [0.3, 0.4) is 0 Å². The van der Waals surface area contributed by atoms with Crippen molar-refractivity contribution in [2.24, 2.45) is 0 Å². The minimum Gasteiger partial charge on any atom is -0.457 e. The van der Waals surface area contributed by atoms with Gasteiger partial charge >= 0.3 is 0 Å². The number of ether oxygens (including phenoxy) is 1. The van der Waals surface area contributed by atoms with Gasteiger partial charge in [0.15, 0.2) is 0 Å². The Kier molecular flexibility index (Phi) is 4.04. The van der Waals surface area contributed by atoms with Crippen LogP contribution in [0, 0.1) is 0 Å². The van der Waals surface area contributed by atoms with Crippen molar-refractivity contribution in [1.82, 2.24) is 9.97 Å². The molecule has 21 heavy (non-hydrogen) atoms. The third kappa shape index (κ3) is 3.32. The molecule has 3 nitrogen and oxygen atoms in total. The number of benzene rings is 2. The Morgan fingerprint density at radius 3 is 2.43 bits per heavy atom. The first-order valence-electron chi connectivity index (χ1n) is 6.24. The lowest BCUT2D eigenvalue weighted by Crippen LogP contribution is -1.90. The van der Waals surface area contributed by atoms with Crippen LogP contribution in [0.25, 0.3) is 11.3 Å². The largest absolute Gasteiger partial charge is 0.457 e. The molecule has 3 aromatic rings. The van der Waals surface area contributed by atoms with Crippen molar-refractivity contribution in [1.29, 1.82) is 0 Å². The second kappa shape index (κ2) is 6.12. The number of hydrogen-bond donors (Lipinski definition) is 0. The van der Waals surface area contributed by atoms with Gasteiger partial charge in [-0.05, 0) is 35.9 Å². The van der Waals surface area contributed by atoms with Crippen LogP contribution in [0.15, 0.2) is 60.8 Å². The van der Waals surface area contributed by atoms with Crippen LogP contribution >= 0.6 is 23.2 Å². The summed E-state index contributed by atoms with van der Waals surface area (Å²) >= 11 is 11.9. The zero-order chi connectivity index (χ0) is 14.7. The molecular weight excluding hydrogens is 307 g/mol. The fourth-order valence-electron chi connectivity index (χ4n) is 1.88. The van der Waals surface area contributed by atoms with E-state index in [0.717, 1.165) is 11.3 Å². The Hall–Kier alpha value is -2.10. The van der Waals surface area contributed by atoms with Crippen molar-refractivity contribution in [3.05, 3.63) is 71.1 Å². The number of para-hydroxylation sites is 1. The van der Waals surface area contributed by atoms with Gasteiger partial charge in [-0.2, -0.15) is 0 Å². The Morgan fingerprint density at radius 1 is 0.857 bits per heavy atom. The first-order chi connectivity index (χ1) is 10.2. The van der Waals surface area contributed by atoms with Crippen molar-refractivity contribution >= 4 is 23.2 Å². The van der Waals surface area contributed by atoms with Crippen molar-refractivity contribution in [2.45, 2.75) is 0 Å². The van der Waals surface area contributed by atoms with Gasteiger partial charge in [-0.1, -0.05) is 41.9 Å². The van der Waals surface area contributed by atoms with Gasteiger partial charge in [-0.15, -0.1) is 0 Å². The fraction of sp³-hybridized carbons (Fsp3) is 0. The van der Waals surface area contributed by atoms with Crippen molar-refractivity contribution < 1.29 is 4.74 Å².